The minimum absolute atomic E-state index is 0. The van der Waals surface area contributed by atoms with Crippen molar-refractivity contribution >= 4 is 18.2 Å². The van der Waals surface area contributed by atoms with E-state index in [4.69, 9.17) is 5.73 Å². The molecule has 1 fully saturated rings. The Morgan fingerprint density at radius 2 is 2.36 bits per heavy atom. The topological polar surface area (TPSA) is 42.2 Å². The van der Waals surface area contributed by atoms with Crippen molar-refractivity contribution in [1.82, 2.24) is 4.98 Å². The average molecular weight is 214 g/mol. The van der Waals surface area contributed by atoms with Crippen molar-refractivity contribution in [3.05, 3.63) is 23.9 Å². The van der Waals surface area contributed by atoms with Gasteiger partial charge in [0.15, 0.2) is 0 Å². The fraction of sp³-hybridized carbons (Fsp3) is 0.500. The minimum Gasteiger partial charge on any atom is -0.355 e. The van der Waals surface area contributed by atoms with Crippen LogP contribution in [0.15, 0.2) is 18.3 Å². The predicted octanol–water partition coefficient (Wildman–Crippen LogP) is 1.35. The van der Waals surface area contributed by atoms with Gasteiger partial charge in [-0.15, -0.1) is 12.4 Å². The maximum absolute atomic E-state index is 5.84. The fourth-order valence-electron chi connectivity index (χ4n) is 1.79. The second kappa shape index (κ2) is 4.62. The van der Waals surface area contributed by atoms with Crippen LogP contribution in [0.3, 0.4) is 0 Å². The number of hydrogen-bond donors (Lipinski definition) is 1. The van der Waals surface area contributed by atoms with Crippen molar-refractivity contribution in [3.63, 3.8) is 0 Å². The van der Waals surface area contributed by atoms with E-state index in [-0.39, 0.29) is 12.4 Å². The summed E-state index contributed by atoms with van der Waals surface area (Å²) in [4.78, 5) is 6.63. The molecule has 0 unspecified atom stereocenters. The molecule has 0 radical (unpaired) electrons. The molecule has 1 aliphatic rings. The summed E-state index contributed by atoms with van der Waals surface area (Å²) >= 11 is 0. The fourth-order valence-corrected chi connectivity index (χ4v) is 1.79. The van der Waals surface area contributed by atoms with Crippen LogP contribution in [0.4, 0.5) is 5.82 Å². The van der Waals surface area contributed by atoms with E-state index in [2.05, 4.69) is 22.9 Å². The Morgan fingerprint density at radius 3 is 2.93 bits per heavy atom. The third-order valence-electron chi connectivity index (χ3n) is 2.51. The smallest absolute Gasteiger partial charge is 0.131 e. The van der Waals surface area contributed by atoms with E-state index >= 15 is 0 Å². The summed E-state index contributed by atoms with van der Waals surface area (Å²) in [6.07, 6.45) is 2.92. The number of aromatic nitrogens is 1. The van der Waals surface area contributed by atoms with Gasteiger partial charge < -0.3 is 10.6 Å². The summed E-state index contributed by atoms with van der Waals surface area (Å²) in [6, 6.07) is 4.38. The lowest BCUT2D eigenvalue weighted by Gasteiger charge is -2.18. The van der Waals surface area contributed by atoms with Crippen LogP contribution < -0.4 is 10.6 Å². The predicted molar refractivity (Wildman–Crippen MR) is 61.0 cm³/mol. The number of nitrogens with zero attached hydrogens (tertiary/aromatic N) is 2. The van der Waals surface area contributed by atoms with Crippen LogP contribution in [-0.2, 0) is 0 Å². The van der Waals surface area contributed by atoms with Crippen LogP contribution in [-0.4, -0.2) is 24.1 Å². The maximum Gasteiger partial charge on any atom is 0.131 e. The number of pyridine rings is 1. The largest absolute Gasteiger partial charge is 0.355 e. The van der Waals surface area contributed by atoms with Crippen molar-refractivity contribution in [2.24, 2.45) is 5.73 Å². The zero-order valence-corrected chi connectivity index (χ0v) is 9.13. The Labute approximate surface area is 90.7 Å². The molecule has 78 valence electrons. The van der Waals surface area contributed by atoms with E-state index in [9.17, 15) is 0 Å². The van der Waals surface area contributed by atoms with Crippen LogP contribution >= 0.6 is 12.4 Å². The Kier molecular flexibility index (Phi) is 3.72. The second-order valence-corrected chi connectivity index (χ2v) is 3.64. The lowest BCUT2D eigenvalue weighted by molar-refractivity contribution is 0.751. The van der Waals surface area contributed by atoms with Crippen molar-refractivity contribution in [2.45, 2.75) is 19.4 Å². The first kappa shape index (κ1) is 11.3. The summed E-state index contributed by atoms with van der Waals surface area (Å²) in [5, 5.41) is 0. The lowest BCUT2D eigenvalue weighted by atomic mass is 10.3. The van der Waals surface area contributed by atoms with Gasteiger partial charge in [0.25, 0.3) is 0 Å². The summed E-state index contributed by atoms with van der Waals surface area (Å²) in [5.74, 6) is 1.09. The number of halogens is 1. The highest BCUT2D eigenvalue weighted by Gasteiger charge is 2.20. The Bertz CT molecular complexity index is 303. The normalized spacial score (nSPS) is 20.7. The molecule has 2 rings (SSSR count). The average Bonchev–Trinajstić information content (AvgIpc) is 2.53. The van der Waals surface area contributed by atoms with E-state index in [1.54, 1.807) is 0 Å². The maximum atomic E-state index is 5.84. The van der Waals surface area contributed by atoms with Crippen LogP contribution in [0.2, 0.25) is 0 Å². The van der Waals surface area contributed by atoms with Gasteiger partial charge >= 0.3 is 0 Å². The van der Waals surface area contributed by atoms with Gasteiger partial charge in [0.1, 0.15) is 5.82 Å². The summed E-state index contributed by atoms with van der Waals surface area (Å²) in [6.45, 7) is 4.07. The monoisotopic (exact) mass is 213 g/mol. The number of hydrogen-bond acceptors (Lipinski definition) is 3. The van der Waals surface area contributed by atoms with Crippen LogP contribution in [0.25, 0.3) is 0 Å². The van der Waals surface area contributed by atoms with E-state index in [0.29, 0.717) is 6.04 Å². The molecule has 1 aromatic heterocycles. The van der Waals surface area contributed by atoms with Crippen LogP contribution in [0.5, 0.6) is 0 Å². The van der Waals surface area contributed by atoms with Gasteiger partial charge in [-0.3, -0.25) is 0 Å². The standard InChI is InChI=1S/C10H15N3.ClH/c1-8-3-2-5-12-10(8)13-6-4-9(11)7-13;/h2-3,5,9H,4,6-7,11H2,1H3;1H/t9-;/m0./s1. The van der Waals surface area contributed by atoms with Crippen molar-refractivity contribution in [2.75, 3.05) is 18.0 Å². The molecule has 1 aromatic rings. The summed E-state index contributed by atoms with van der Waals surface area (Å²) < 4.78 is 0. The highest BCUT2D eigenvalue weighted by Crippen LogP contribution is 2.20. The van der Waals surface area contributed by atoms with E-state index in [1.165, 1.54) is 5.56 Å². The molecule has 1 atom stereocenters. The Morgan fingerprint density at radius 1 is 1.57 bits per heavy atom. The van der Waals surface area contributed by atoms with Gasteiger partial charge in [-0.2, -0.15) is 0 Å². The zero-order valence-electron chi connectivity index (χ0n) is 8.31. The molecule has 0 saturated carbocycles. The molecule has 14 heavy (non-hydrogen) atoms. The first-order valence-corrected chi connectivity index (χ1v) is 4.69. The first-order chi connectivity index (χ1) is 6.27. The molecule has 2 N–H and O–H groups in total. The van der Waals surface area contributed by atoms with Gasteiger partial charge in [0.2, 0.25) is 0 Å². The van der Waals surface area contributed by atoms with Crippen molar-refractivity contribution in [3.8, 4) is 0 Å². The van der Waals surface area contributed by atoms with Crippen LogP contribution in [0, 0.1) is 6.92 Å². The minimum atomic E-state index is 0. The SMILES string of the molecule is Cc1cccnc1N1CC[C@H](N)C1.Cl. The molecule has 4 heteroatoms. The molecule has 0 aromatic carbocycles. The number of aryl methyl sites for hydroxylation is 1. The molecule has 0 aliphatic carbocycles. The molecule has 0 bridgehead atoms. The van der Waals surface area contributed by atoms with Crippen LogP contribution in [0.1, 0.15) is 12.0 Å². The van der Waals surface area contributed by atoms with Gasteiger partial charge in [-0.05, 0) is 25.0 Å². The van der Waals surface area contributed by atoms with Gasteiger partial charge in [0.05, 0.1) is 0 Å². The van der Waals surface area contributed by atoms with Gasteiger partial charge in [-0.25, -0.2) is 4.98 Å². The second-order valence-electron chi connectivity index (χ2n) is 3.64. The number of rotatable bonds is 1. The number of anilines is 1. The highest BCUT2D eigenvalue weighted by molar-refractivity contribution is 5.85. The van der Waals surface area contributed by atoms with Crippen molar-refractivity contribution in [1.29, 1.82) is 0 Å². The number of nitrogens with two attached hydrogens (primary N) is 1. The molecular weight excluding hydrogens is 198 g/mol. The molecular formula is C10H16ClN3. The van der Waals surface area contributed by atoms with Crippen molar-refractivity contribution < 1.29 is 0 Å². The highest BCUT2D eigenvalue weighted by atomic mass is 35.5. The van der Waals surface area contributed by atoms with Gasteiger partial charge in [0, 0.05) is 25.3 Å². The zero-order chi connectivity index (χ0) is 9.26. The lowest BCUT2D eigenvalue weighted by Crippen LogP contribution is -2.27. The van der Waals surface area contributed by atoms with E-state index in [1.807, 2.05) is 12.3 Å². The molecule has 3 nitrogen and oxygen atoms in total. The van der Waals surface area contributed by atoms with E-state index < -0.39 is 0 Å². The summed E-state index contributed by atoms with van der Waals surface area (Å²) in [5.41, 5.74) is 7.08. The Balaban J connectivity index is 0.000000980. The summed E-state index contributed by atoms with van der Waals surface area (Å²) in [7, 11) is 0. The molecule has 1 aliphatic heterocycles. The van der Waals surface area contributed by atoms with E-state index in [0.717, 1.165) is 25.3 Å². The molecule has 0 amide bonds. The first-order valence-electron chi connectivity index (χ1n) is 4.69. The third-order valence-corrected chi connectivity index (χ3v) is 2.51. The molecule has 2 heterocycles. The Hall–Kier alpha value is -0.800. The molecule has 1 saturated heterocycles. The molecule has 0 spiro atoms. The third kappa shape index (κ3) is 2.16. The quantitative estimate of drug-likeness (QED) is 0.766. The van der Waals surface area contributed by atoms with Gasteiger partial charge in [-0.1, -0.05) is 6.07 Å².